The molecule has 2 saturated carbocycles. The van der Waals surface area contributed by atoms with E-state index in [1.165, 1.54) is 0 Å². The van der Waals surface area contributed by atoms with Crippen LogP contribution in [0.2, 0.25) is 0 Å². The van der Waals surface area contributed by atoms with Crippen LogP contribution in [0.4, 0.5) is 0 Å². The number of rotatable bonds is 0. The molecule has 3 unspecified atom stereocenters. The van der Waals surface area contributed by atoms with E-state index in [0.29, 0.717) is 25.2 Å². The first-order valence-electron chi connectivity index (χ1n) is 8.17. The molecule has 0 radical (unpaired) electrons. The Morgan fingerprint density at radius 2 is 1.90 bits per heavy atom. The highest BCUT2D eigenvalue weighted by molar-refractivity contribution is 5.91. The predicted octanol–water partition coefficient (Wildman–Crippen LogP) is 1.30. The summed E-state index contributed by atoms with van der Waals surface area (Å²) < 4.78 is 0. The van der Waals surface area contributed by atoms with Gasteiger partial charge in [-0.3, -0.25) is 9.69 Å². The summed E-state index contributed by atoms with van der Waals surface area (Å²) in [6, 6.07) is 0. The second-order valence-corrected chi connectivity index (χ2v) is 7.71. The van der Waals surface area contributed by atoms with Crippen LogP contribution >= 0.6 is 0 Å². The molecule has 4 rings (SSSR count). The molecule has 4 heteroatoms. The second kappa shape index (κ2) is 3.84. The highest BCUT2D eigenvalue weighted by atomic mass is 16.3. The predicted molar refractivity (Wildman–Crippen MR) is 73.9 cm³/mol. The molecule has 0 aromatic rings. The van der Waals surface area contributed by atoms with Gasteiger partial charge in [-0.05, 0) is 50.4 Å². The fourth-order valence-electron chi connectivity index (χ4n) is 6.27. The minimum atomic E-state index is -1.28. The van der Waals surface area contributed by atoms with Crippen LogP contribution in [0.5, 0.6) is 0 Å². The molecule has 2 aliphatic carbocycles. The van der Waals surface area contributed by atoms with E-state index in [1.807, 2.05) is 0 Å². The van der Waals surface area contributed by atoms with E-state index in [9.17, 15) is 15.0 Å². The number of piperidine rings is 1. The number of carbonyl (C=O) groups excluding carboxylic acids is 1. The smallest absolute Gasteiger partial charge is 0.165 e. The average molecular weight is 279 g/mol. The van der Waals surface area contributed by atoms with Crippen molar-refractivity contribution in [3.05, 3.63) is 0 Å². The minimum Gasteiger partial charge on any atom is -0.381 e. The van der Waals surface area contributed by atoms with Gasteiger partial charge < -0.3 is 10.2 Å². The lowest BCUT2D eigenvalue weighted by atomic mass is 9.51. The molecule has 2 aliphatic heterocycles. The van der Waals surface area contributed by atoms with Crippen molar-refractivity contribution in [2.24, 2.45) is 17.3 Å². The van der Waals surface area contributed by atoms with Crippen molar-refractivity contribution in [2.75, 3.05) is 13.1 Å². The van der Waals surface area contributed by atoms with Crippen molar-refractivity contribution in [2.45, 2.75) is 63.2 Å². The number of hydrogen-bond donors (Lipinski definition) is 2. The van der Waals surface area contributed by atoms with E-state index in [0.717, 1.165) is 38.8 Å². The highest BCUT2D eigenvalue weighted by Gasteiger charge is 2.76. The molecule has 4 fully saturated rings. The van der Waals surface area contributed by atoms with Gasteiger partial charge in [0.05, 0.1) is 5.41 Å². The summed E-state index contributed by atoms with van der Waals surface area (Å²) in [6.07, 6.45) is 5.30. The Bertz CT molecular complexity index is 467. The Labute approximate surface area is 120 Å². The summed E-state index contributed by atoms with van der Waals surface area (Å²) in [5.41, 5.74) is -2.84. The SMILES string of the molecule is CC1C[C@H]2CC(=O)[C@@]3(O)CCCN4CCCC23[C@@]4(O)C1. The average Bonchev–Trinajstić information content (AvgIpc) is 2.56. The molecular weight excluding hydrogens is 254 g/mol. The number of hydrogen-bond acceptors (Lipinski definition) is 4. The van der Waals surface area contributed by atoms with E-state index in [-0.39, 0.29) is 11.7 Å². The fraction of sp³-hybridized carbons (Fsp3) is 0.938. The highest BCUT2D eigenvalue weighted by Crippen LogP contribution is 2.67. The molecule has 2 heterocycles. The first-order valence-corrected chi connectivity index (χ1v) is 8.17. The number of aliphatic hydroxyl groups is 2. The van der Waals surface area contributed by atoms with E-state index in [4.69, 9.17) is 0 Å². The number of nitrogens with zero attached hydrogens (tertiary/aromatic N) is 1. The first kappa shape index (κ1) is 13.2. The lowest BCUT2D eigenvalue weighted by Gasteiger charge is -2.63. The molecule has 0 aromatic heterocycles. The maximum absolute atomic E-state index is 12.6. The third-order valence-electron chi connectivity index (χ3n) is 6.85. The normalized spacial score (nSPS) is 58.1. The maximum Gasteiger partial charge on any atom is 0.165 e. The number of carbonyl (C=O) groups is 1. The van der Waals surface area contributed by atoms with Crippen molar-refractivity contribution < 1.29 is 15.0 Å². The summed E-state index contributed by atoms with van der Waals surface area (Å²) in [6.45, 7) is 3.89. The van der Waals surface area contributed by atoms with E-state index >= 15 is 0 Å². The second-order valence-electron chi connectivity index (χ2n) is 7.71. The zero-order valence-electron chi connectivity index (χ0n) is 12.3. The fourth-order valence-corrected chi connectivity index (χ4v) is 6.27. The monoisotopic (exact) mass is 279 g/mol. The van der Waals surface area contributed by atoms with Gasteiger partial charge in [0, 0.05) is 19.5 Å². The molecule has 6 atom stereocenters. The van der Waals surface area contributed by atoms with Gasteiger partial charge in [-0.2, -0.15) is 0 Å². The summed E-state index contributed by atoms with van der Waals surface area (Å²) in [7, 11) is 0. The van der Waals surface area contributed by atoms with Gasteiger partial charge >= 0.3 is 0 Å². The van der Waals surface area contributed by atoms with Crippen LogP contribution in [0.3, 0.4) is 0 Å². The Hall–Kier alpha value is -0.450. The van der Waals surface area contributed by atoms with Crippen LogP contribution in [0.25, 0.3) is 0 Å². The Balaban J connectivity index is 1.95. The molecule has 2 saturated heterocycles. The minimum absolute atomic E-state index is 0.00113. The topological polar surface area (TPSA) is 60.8 Å². The zero-order valence-corrected chi connectivity index (χ0v) is 12.3. The van der Waals surface area contributed by atoms with Gasteiger partial charge in [-0.25, -0.2) is 0 Å². The van der Waals surface area contributed by atoms with Crippen LogP contribution < -0.4 is 0 Å². The first-order chi connectivity index (χ1) is 9.44. The molecule has 0 aromatic carbocycles. The largest absolute Gasteiger partial charge is 0.381 e. The number of Topliss-reactive ketones (excluding diaryl/α,β-unsaturated/α-hetero) is 1. The van der Waals surface area contributed by atoms with Crippen LogP contribution in [-0.4, -0.2) is 45.3 Å². The van der Waals surface area contributed by atoms with E-state index in [1.54, 1.807) is 0 Å². The third-order valence-corrected chi connectivity index (χ3v) is 6.85. The van der Waals surface area contributed by atoms with Crippen molar-refractivity contribution >= 4 is 5.78 Å². The summed E-state index contributed by atoms with van der Waals surface area (Å²) in [4.78, 5) is 14.8. The van der Waals surface area contributed by atoms with Crippen molar-refractivity contribution in [1.82, 2.24) is 4.90 Å². The zero-order chi connectivity index (χ0) is 14.2. The summed E-state index contributed by atoms with van der Waals surface area (Å²) in [5, 5.41) is 22.9. The molecule has 0 amide bonds. The van der Waals surface area contributed by atoms with E-state index < -0.39 is 16.7 Å². The van der Waals surface area contributed by atoms with Gasteiger partial charge in [0.25, 0.3) is 0 Å². The lowest BCUT2D eigenvalue weighted by molar-refractivity contribution is -0.292. The van der Waals surface area contributed by atoms with Crippen molar-refractivity contribution in [1.29, 1.82) is 0 Å². The van der Waals surface area contributed by atoms with Crippen molar-refractivity contribution in [3.63, 3.8) is 0 Å². The Kier molecular flexibility index (Phi) is 2.54. The molecule has 20 heavy (non-hydrogen) atoms. The van der Waals surface area contributed by atoms with E-state index in [2.05, 4.69) is 11.8 Å². The molecule has 2 N–H and O–H groups in total. The molecule has 2 bridgehead atoms. The van der Waals surface area contributed by atoms with Crippen LogP contribution in [-0.2, 0) is 4.79 Å². The maximum atomic E-state index is 12.6. The third kappa shape index (κ3) is 1.23. The van der Waals surface area contributed by atoms with Crippen LogP contribution in [0.1, 0.15) is 51.9 Å². The van der Waals surface area contributed by atoms with Crippen LogP contribution in [0.15, 0.2) is 0 Å². The van der Waals surface area contributed by atoms with Gasteiger partial charge in [0.1, 0.15) is 11.3 Å². The molecule has 4 nitrogen and oxygen atoms in total. The lowest BCUT2D eigenvalue weighted by Crippen LogP contribution is -2.72. The van der Waals surface area contributed by atoms with Gasteiger partial charge in [-0.1, -0.05) is 6.92 Å². The van der Waals surface area contributed by atoms with Gasteiger partial charge in [0.2, 0.25) is 0 Å². The van der Waals surface area contributed by atoms with Gasteiger partial charge in [-0.15, -0.1) is 0 Å². The van der Waals surface area contributed by atoms with Gasteiger partial charge in [0.15, 0.2) is 5.78 Å². The summed E-state index contributed by atoms with van der Waals surface area (Å²) >= 11 is 0. The Morgan fingerprint density at radius 3 is 2.65 bits per heavy atom. The Morgan fingerprint density at radius 1 is 1.20 bits per heavy atom. The summed E-state index contributed by atoms with van der Waals surface area (Å²) in [5.74, 6) is 0.584. The molecule has 1 spiro atoms. The molecular formula is C16H25NO3. The standard InChI is InChI=1S/C16H25NO3/c1-11-8-12-9-13(18)15(19)5-3-7-17-6-2-4-14(12,15)16(17,20)10-11/h11-12,19-20H,2-10H2,1H3/t11?,12-,14?,15-,16-/m0/s1. The number of ketones is 1. The molecule has 112 valence electrons. The van der Waals surface area contributed by atoms with Crippen molar-refractivity contribution in [3.8, 4) is 0 Å². The van der Waals surface area contributed by atoms with Crippen LogP contribution in [0, 0.1) is 17.3 Å². The molecule has 4 aliphatic rings. The quantitative estimate of drug-likeness (QED) is 0.702.